The lowest BCUT2D eigenvalue weighted by molar-refractivity contribution is 0.0944. The summed E-state index contributed by atoms with van der Waals surface area (Å²) in [6.07, 6.45) is 1.03. The molecule has 0 saturated carbocycles. The summed E-state index contributed by atoms with van der Waals surface area (Å²) in [5.41, 5.74) is 2.79. The average Bonchev–Trinajstić information content (AvgIpc) is 2.42. The molecule has 1 aromatic carbocycles. The monoisotopic (exact) mass is 277 g/mol. The van der Waals surface area contributed by atoms with Crippen molar-refractivity contribution in [1.29, 1.82) is 0 Å². The SMILES string of the molecule is CCCNc1cc(C)ccc1C(=O)NCC(C)N(C)C. The first-order chi connectivity index (χ1) is 9.45. The number of aryl methyl sites for hydroxylation is 1. The number of amides is 1. The highest BCUT2D eigenvalue weighted by Gasteiger charge is 2.13. The van der Waals surface area contributed by atoms with Crippen LogP contribution in [-0.4, -0.2) is 44.0 Å². The lowest BCUT2D eigenvalue weighted by Crippen LogP contribution is -2.38. The summed E-state index contributed by atoms with van der Waals surface area (Å²) in [4.78, 5) is 14.4. The molecule has 0 bridgehead atoms. The molecular formula is C16H27N3O. The van der Waals surface area contributed by atoms with E-state index in [2.05, 4.69) is 29.4 Å². The minimum atomic E-state index is -0.0164. The highest BCUT2D eigenvalue weighted by molar-refractivity contribution is 5.99. The number of nitrogens with one attached hydrogen (secondary N) is 2. The van der Waals surface area contributed by atoms with Crippen molar-refractivity contribution in [3.8, 4) is 0 Å². The van der Waals surface area contributed by atoms with E-state index < -0.39 is 0 Å². The number of likely N-dealkylation sites (N-methyl/N-ethyl adjacent to an activating group) is 1. The highest BCUT2D eigenvalue weighted by Crippen LogP contribution is 2.17. The van der Waals surface area contributed by atoms with Crippen molar-refractivity contribution < 1.29 is 4.79 Å². The smallest absolute Gasteiger partial charge is 0.253 e. The molecule has 1 amide bonds. The van der Waals surface area contributed by atoms with Gasteiger partial charge in [-0.1, -0.05) is 13.0 Å². The number of carbonyl (C=O) groups excluding carboxylic acids is 1. The van der Waals surface area contributed by atoms with Crippen molar-refractivity contribution in [2.75, 3.05) is 32.5 Å². The van der Waals surface area contributed by atoms with Gasteiger partial charge >= 0.3 is 0 Å². The number of nitrogens with zero attached hydrogens (tertiary/aromatic N) is 1. The molecule has 4 nitrogen and oxygen atoms in total. The normalized spacial score (nSPS) is 12.3. The van der Waals surface area contributed by atoms with Crippen LogP contribution in [0.1, 0.15) is 36.2 Å². The second-order valence-corrected chi connectivity index (χ2v) is 5.50. The van der Waals surface area contributed by atoms with Crippen molar-refractivity contribution >= 4 is 11.6 Å². The van der Waals surface area contributed by atoms with Gasteiger partial charge in [0.15, 0.2) is 0 Å². The fraction of sp³-hybridized carbons (Fsp3) is 0.562. The predicted molar refractivity (Wildman–Crippen MR) is 85.4 cm³/mol. The molecule has 1 atom stereocenters. The van der Waals surface area contributed by atoms with Gasteiger partial charge in [0, 0.05) is 24.8 Å². The van der Waals surface area contributed by atoms with E-state index >= 15 is 0 Å². The molecule has 2 N–H and O–H groups in total. The van der Waals surface area contributed by atoms with Crippen molar-refractivity contribution in [1.82, 2.24) is 10.2 Å². The van der Waals surface area contributed by atoms with Crippen LogP contribution >= 0.6 is 0 Å². The van der Waals surface area contributed by atoms with Crippen LogP contribution in [0.25, 0.3) is 0 Å². The Balaban J connectivity index is 2.76. The molecule has 1 unspecified atom stereocenters. The van der Waals surface area contributed by atoms with E-state index in [0.29, 0.717) is 12.6 Å². The first-order valence-electron chi connectivity index (χ1n) is 7.24. The van der Waals surface area contributed by atoms with Crippen LogP contribution in [0.15, 0.2) is 18.2 Å². The molecule has 0 saturated heterocycles. The maximum atomic E-state index is 12.3. The number of anilines is 1. The third-order valence-corrected chi connectivity index (χ3v) is 3.42. The van der Waals surface area contributed by atoms with Gasteiger partial charge in [0.25, 0.3) is 5.91 Å². The minimum absolute atomic E-state index is 0.0164. The van der Waals surface area contributed by atoms with E-state index in [1.54, 1.807) is 0 Å². The lowest BCUT2D eigenvalue weighted by Gasteiger charge is -2.20. The Labute approximate surface area is 122 Å². The molecule has 0 radical (unpaired) electrons. The molecule has 0 aliphatic rings. The summed E-state index contributed by atoms with van der Waals surface area (Å²) in [7, 11) is 4.02. The second kappa shape index (κ2) is 7.90. The van der Waals surface area contributed by atoms with E-state index in [0.717, 1.165) is 29.8 Å². The van der Waals surface area contributed by atoms with E-state index in [1.807, 2.05) is 39.2 Å². The van der Waals surface area contributed by atoms with Crippen LogP contribution in [0.4, 0.5) is 5.69 Å². The molecule has 1 rings (SSSR count). The number of carbonyl (C=O) groups is 1. The van der Waals surface area contributed by atoms with Gasteiger partial charge in [-0.25, -0.2) is 0 Å². The van der Waals surface area contributed by atoms with Crippen LogP contribution in [0.5, 0.6) is 0 Å². The first kappa shape index (κ1) is 16.5. The number of hydrogen-bond donors (Lipinski definition) is 2. The van der Waals surface area contributed by atoms with Crippen molar-refractivity contribution in [3.63, 3.8) is 0 Å². The summed E-state index contributed by atoms with van der Waals surface area (Å²) >= 11 is 0. The average molecular weight is 277 g/mol. The number of hydrogen-bond acceptors (Lipinski definition) is 3. The Morgan fingerprint density at radius 2 is 2.05 bits per heavy atom. The van der Waals surface area contributed by atoms with Gasteiger partial charge in [0.1, 0.15) is 0 Å². The molecule has 0 spiro atoms. The fourth-order valence-electron chi connectivity index (χ4n) is 1.78. The molecule has 1 aromatic rings. The van der Waals surface area contributed by atoms with Gasteiger partial charge in [0.05, 0.1) is 5.56 Å². The molecule has 0 aromatic heterocycles. The Morgan fingerprint density at radius 1 is 1.35 bits per heavy atom. The molecule has 0 aliphatic heterocycles. The maximum absolute atomic E-state index is 12.3. The topological polar surface area (TPSA) is 44.4 Å². The third-order valence-electron chi connectivity index (χ3n) is 3.42. The van der Waals surface area contributed by atoms with Crippen molar-refractivity contribution in [2.45, 2.75) is 33.2 Å². The Bertz CT molecular complexity index is 443. The van der Waals surface area contributed by atoms with Crippen LogP contribution in [0, 0.1) is 6.92 Å². The highest BCUT2D eigenvalue weighted by atomic mass is 16.1. The van der Waals surface area contributed by atoms with Crippen LogP contribution in [0.3, 0.4) is 0 Å². The van der Waals surface area contributed by atoms with E-state index in [-0.39, 0.29) is 5.91 Å². The zero-order valence-electron chi connectivity index (χ0n) is 13.3. The molecule has 4 heteroatoms. The van der Waals surface area contributed by atoms with Crippen LogP contribution in [0.2, 0.25) is 0 Å². The molecule has 0 heterocycles. The van der Waals surface area contributed by atoms with E-state index in [4.69, 9.17) is 0 Å². The number of rotatable bonds is 7. The van der Waals surface area contributed by atoms with Gasteiger partial charge < -0.3 is 15.5 Å². The lowest BCUT2D eigenvalue weighted by atomic mass is 10.1. The van der Waals surface area contributed by atoms with Gasteiger partial charge in [-0.3, -0.25) is 4.79 Å². The summed E-state index contributed by atoms with van der Waals surface area (Å²) in [5.74, 6) is -0.0164. The number of benzene rings is 1. The van der Waals surface area contributed by atoms with Crippen molar-refractivity contribution in [3.05, 3.63) is 29.3 Å². The molecular weight excluding hydrogens is 250 g/mol. The third kappa shape index (κ3) is 4.85. The predicted octanol–water partition coefficient (Wildman–Crippen LogP) is 2.50. The zero-order chi connectivity index (χ0) is 15.1. The van der Waals surface area contributed by atoms with Gasteiger partial charge in [-0.15, -0.1) is 0 Å². The van der Waals surface area contributed by atoms with Gasteiger partial charge in [-0.05, 0) is 52.1 Å². The summed E-state index contributed by atoms with van der Waals surface area (Å²) in [5, 5.41) is 6.32. The molecule has 0 fully saturated rings. The van der Waals surface area contributed by atoms with E-state index in [1.165, 1.54) is 0 Å². The maximum Gasteiger partial charge on any atom is 0.253 e. The second-order valence-electron chi connectivity index (χ2n) is 5.50. The molecule has 112 valence electrons. The van der Waals surface area contributed by atoms with Crippen molar-refractivity contribution in [2.24, 2.45) is 0 Å². The summed E-state index contributed by atoms with van der Waals surface area (Å²) < 4.78 is 0. The first-order valence-corrected chi connectivity index (χ1v) is 7.24. The quantitative estimate of drug-likeness (QED) is 0.805. The Kier molecular flexibility index (Phi) is 6.52. The molecule has 20 heavy (non-hydrogen) atoms. The zero-order valence-corrected chi connectivity index (χ0v) is 13.3. The van der Waals surface area contributed by atoms with E-state index in [9.17, 15) is 4.79 Å². The standard InChI is InChI=1S/C16H27N3O/c1-6-9-17-15-10-12(2)7-8-14(15)16(20)18-11-13(3)19(4)5/h7-8,10,13,17H,6,9,11H2,1-5H3,(H,18,20). The Morgan fingerprint density at radius 3 is 2.65 bits per heavy atom. The molecule has 0 aliphatic carbocycles. The fourth-order valence-corrected chi connectivity index (χ4v) is 1.78. The summed E-state index contributed by atoms with van der Waals surface area (Å²) in [6.45, 7) is 7.75. The van der Waals surface area contributed by atoms with Gasteiger partial charge in [-0.2, -0.15) is 0 Å². The van der Waals surface area contributed by atoms with Gasteiger partial charge in [0.2, 0.25) is 0 Å². The minimum Gasteiger partial charge on any atom is -0.384 e. The largest absolute Gasteiger partial charge is 0.384 e. The van der Waals surface area contributed by atoms with Crippen LogP contribution < -0.4 is 10.6 Å². The van der Waals surface area contributed by atoms with Crippen LogP contribution in [-0.2, 0) is 0 Å². The Hall–Kier alpha value is -1.55. The summed E-state index contributed by atoms with van der Waals surface area (Å²) in [6, 6.07) is 6.21.